The van der Waals surface area contributed by atoms with Crippen molar-refractivity contribution in [2.75, 3.05) is 7.11 Å². The fraction of sp³-hybridized carbons (Fsp3) is 0.310. The lowest BCUT2D eigenvalue weighted by atomic mass is 9.97. The maximum atomic E-state index is 6.48. The Morgan fingerprint density at radius 1 is 0.647 bits per heavy atom. The summed E-state index contributed by atoms with van der Waals surface area (Å²) in [7, 11) is 1.61. The van der Waals surface area contributed by atoms with Crippen molar-refractivity contribution in [3.05, 3.63) is 120 Å². The Bertz CT molecular complexity index is 979. The molecular formula is C29H32O5. The van der Waals surface area contributed by atoms with Crippen molar-refractivity contribution in [3.8, 4) is 0 Å². The molecule has 0 spiro atoms. The maximum Gasteiger partial charge on any atom is 0.186 e. The molecule has 1 heterocycles. The zero-order valence-corrected chi connectivity index (χ0v) is 19.5. The van der Waals surface area contributed by atoms with Crippen LogP contribution >= 0.6 is 0 Å². The van der Waals surface area contributed by atoms with Gasteiger partial charge >= 0.3 is 0 Å². The first-order chi connectivity index (χ1) is 16.8. The first-order valence-electron chi connectivity index (χ1n) is 11.6. The summed E-state index contributed by atoms with van der Waals surface area (Å²) in [6, 6.07) is 30.2. The van der Waals surface area contributed by atoms with Crippen molar-refractivity contribution in [1.82, 2.24) is 0 Å². The fourth-order valence-corrected chi connectivity index (χ4v) is 4.07. The second-order valence-corrected chi connectivity index (χ2v) is 8.22. The van der Waals surface area contributed by atoms with Crippen molar-refractivity contribution in [2.24, 2.45) is 0 Å². The van der Waals surface area contributed by atoms with Gasteiger partial charge in [-0.2, -0.15) is 0 Å². The van der Waals surface area contributed by atoms with E-state index in [4.69, 9.17) is 23.7 Å². The highest BCUT2D eigenvalue weighted by Gasteiger charge is 2.47. The van der Waals surface area contributed by atoms with Gasteiger partial charge in [0.05, 0.1) is 19.8 Å². The summed E-state index contributed by atoms with van der Waals surface area (Å²) in [5, 5.41) is 0. The predicted octanol–water partition coefficient (Wildman–Crippen LogP) is 5.30. The lowest BCUT2D eigenvalue weighted by Gasteiger charge is -2.44. The third-order valence-corrected chi connectivity index (χ3v) is 5.85. The molecule has 1 saturated heterocycles. The van der Waals surface area contributed by atoms with Gasteiger partial charge in [-0.05, 0) is 16.7 Å². The van der Waals surface area contributed by atoms with Gasteiger partial charge in [-0.3, -0.25) is 0 Å². The average Bonchev–Trinajstić information content (AvgIpc) is 2.91. The molecule has 0 aliphatic carbocycles. The van der Waals surface area contributed by atoms with Crippen molar-refractivity contribution in [3.63, 3.8) is 0 Å². The Balaban J connectivity index is 1.57. The minimum absolute atomic E-state index is 0.407. The van der Waals surface area contributed by atoms with Crippen molar-refractivity contribution in [1.29, 1.82) is 0 Å². The molecule has 1 aliphatic heterocycles. The Morgan fingerprint density at radius 2 is 1.06 bits per heavy atom. The molecule has 0 N–H and O–H groups in total. The van der Waals surface area contributed by atoms with Crippen molar-refractivity contribution in [2.45, 2.75) is 50.5 Å². The maximum absolute atomic E-state index is 6.48. The largest absolute Gasteiger partial charge is 0.368 e. The van der Waals surface area contributed by atoms with Gasteiger partial charge in [0, 0.05) is 7.11 Å². The summed E-state index contributed by atoms with van der Waals surface area (Å²) < 4.78 is 31.1. The van der Waals surface area contributed by atoms with E-state index in [9.17, 15) is 0 Å². The smallest absolute Gasteiger partial charge is 0.186 e. The van der Waals surface area contributed by atoms with E-state index in [1.54, 1.807) is 13.2 Å². The highest BCUT2D eigenvalue weighted by Crippen LogP contribution is 2.31. The SMILES string of the molecule is C=C[C@H]1O[C@@H](OC)[C@H](OCc2ccccc2)[C@@H](OCc2ccccc2)[C@H]1OCc1ccccc1. The van der Waals surface area contributed by atoms with E-state index in [2.05, 4.69) is 6.58 Å². The van der Waals surface area contributed by atoms with Gasteiger partial charge in [-0.25, -0.2) is 0 Å². The summed E-state index contributed by atoms with van der Waals surface area (Å²) in [5.41, 5.74) is 3.20. The van der Waals surface area contributed by atoms with Gasteiger partial charge in [-0.15, -0.1) is 6.58 Å². The van der Waals surface area contributed by atoms with Crippen LogP contribution in [0.15, 0.2) is 104 Å². The molecule has 3 aromatic rings. The first-order valence-corrected chi connectivity index (χ1v) is 11.6. The van der Waals surface area contributed by atoms with Crippen LogP contribution in [0.2, 0.25) is 0 Å². The predicted molar refractivity (Wildman–Crippen MR) is 131 cm³/mol. The van der Waals surface area contributed by atoms with Gasteiger partial charge in [0.1, 0.15) is 24.4 Å². The van der Waals surface area contributed by atoms with Gasteiger partial charge < -0.3 is 23.7 Å². The van der Waals surface area contributed by atoms with Crippen LogP contribution in [-0.4, -0.2) is 37.8 Å². The number of methoxy groups -OCH3 is 1. The van der Waals surface area contributed by atoms with E-state index in [0.29, 0.717) is 19.8 Å². The molecule has 5 heteroatoms. The molecule has 1 aliphatic rings. The molecule has 4 rings (SSSR count). The average molecular weight is 461 g/mol. The van der Waals surface area contributed by atoms with Crippen LogP contribution in [0.25, 0.3) is 0 Å². The summed E-state index contributed by atoms with van der Waals surface area (Å²) in [5.74, 6) is 0. The molecule has 1 fully saturated rings. The Labute approximate surface area is 201 Å². The molecule has 0 saturated carbocycles. The van der Waals surface area contributed by atoms with Crippen LogP contribution in [0.4, 0.5) is 0 Å². The van der Waals surface area contributed by atoms with E-state index < -0.39 is 30.7 Å². The minimum atomic E-state index is -0.621. The summed E-state index contributed by atoms with van der Waals surface area (Å²) in [6.07, 6.45) is -0.641. The van der Waals surface area contributed by atoms with E-state index in [1.165, 1.54) is 0 Å². The van der Waals surface area contributed by atoms with E-state index in [-0.39, 0.29) is 0 Å². The Hall–Kier alpha value is -2.80. The zero-order chi connectivity index (χ0) is 23.6. The molecule has 5 atom stereocenters. The highest BCUT2D eigenvalue weighted by atomic mass is 16.7. The number of rotatable bonds is 11. The fourth-order valence-electron chi connectivity index (χ4n) is 4.07. The standard InChI is InChI=1S/C29H32O5/c1-3-25-26(31-19-22-13-7-4-8-14-22)27(32-20-23-15-9-5-10-16-23)28(29(30-2)34-25)33-21-24-17-11-6-12-18-24/h3-18,25-29H,1,19-21H2,2H3/t25-,26+,27+,28-,29-/m1/s1. The number of benzene rings is 3. The van der Waals surface area contributed by atoms with E-state index >= 15 is 0 Å². The summed E-state index contributed by atoms with van der Waals surface area (Å²) in [4.78, 5) is 0. The minimum Gasteiger partial charge on any atom is -0.368 e. The summed E-state index contributed by atoms with van der Waals surface area (Å²) in [6.45, 7) is 5.22. The molecule has 3 aromatic carbocycles. The number of hydrogen-bond acceptors (Lipinski definition) is 5. The van der Waals surface area contributed by atoms with Crippen LogP contribution in [-0.2, 0) is 43.5 Å². The van der Waals surface area contributed by atoms with Crippen molar-refractivity contribution >= 4 is 0 Å². The third kappa shape index (κ3) is 6.41. The second-order valence-electron chi connectivity index (χ2n) is 8.22. The second kappa shape index (κ2) is 12.6. The molecule has 34 heavy (non-hydrogen) atoms. The van der Waals surface area contributed by atoms with Crippen LogP contribution in [0.5, 0.6) is 0 Å². The lowest BCUT2D eigenvalue weighted by molar-refractivity contribution is -0.309. The van der Waals surface area contributed by atoms with Gasteiger partial charge in [0.2, 0.25) is 0 Å². The van der Waals surface area contributed by atoms with E-state index in [0.717, 1.165) is 16.7 Å². The molecule has 0 aromatic heterocycles. The van der Waals surface area contributed by atoms with Gasteiger partial charge in [-0.1, -0.05) is 97.1 Å². The van der Waals surface area contributed by atoms with Crippen LogP contribution in [0.3, 0.4) is 0 Å². The number of hydrogen-bond donors (Lipinski definition) is 0. The van der Waals surface area contributed by atoms with E-state index in [1.807, 2.05) is 91.0 Å². The molecule has 178 valence electrons. The zero-order valence-electron chi connectivity index (χ0n) is 19.5. The third-order valence-electron chi connectivity index (χ3n) is 5.85. The molecule has 0 unspecified atom stereocenters. The lowest BCUT2D eigenvalue weighted by Crippen LogP contribution is -2.60. The quantitative estimate of drug-likeness (QED) is 0.364. The first kappa shape index (κ1) is 24.3. The molecule has 0 bridgehead atoms. The number of ether oxygens (including phenoxy) is 5. The van der Waals surface area contributed by atoms with Crippen LogP contribution < -0.4 is 0 Å². The normalized spacial score (nSPS) is 24.6. The molecule has 0 radical (unpaired) electrons. The molecule has 5 nitrogen and oxygen atoms in total. The van der Waals surface area contributed by atoms with Crippen LogP contribution in [0, 0.1) is 0 Å². The Kier molecular flexibility index (Phi) is 9.02. The Morgan fingerprint density at radius 3 is 1.47 bits per heavy atom. The highest BCUT2D eigenvalue weighted by molar-refractivity contribution is 5.16. The molecule has 0 amide bonds. The van der Waals surface area contributed by atoms with Crippen molar-refractivity contribution < 1.29 is 23.7 Å². The summed E-state index contributed by atoms with van der Waals surface area (Å²) >= 11 is 0. The van der Waals surface area contributed by atoms with Gasteiger partial charge in [0.25, 0.3) is 0 Å². The van der Waals surface area contributed by atoms with Gasteiger partial charge in [0.15, 0.2) is 6.29 Å². The topological polar surface area (TPSA) is 46.2 Å². The van der Waals surface area contributed by atoms with Crippen LogP contribution in [0.1, 0.15) is 16.7 Å². The monoisotopic (exact) mass is 460 g/mol. The molecular weight excluding hydrogens is 428 g/mol.